The molecule has 2 aliphatic rings. The monoisotopic (exact) mass is 408 g/mol. The van der Waals surface area contributed by atoms with Crippen molar-refractivity contribution < 1.29 is 0 Å². The molecule has 1 aromatic carbocycles. The first kappa shape index (κ1) is 18.1. The zero-order valence-electron chi connectivity index (χ0n) is 16.1. The zero-order chi connectivity index (χ0) is 20.0. The van der Waals surface area contributed by atoms with E-state index in [4.69, 9.17) is 11.6 Å². The molecule has 0 radical (unpaired) electrons. The summed E-state index contributed by atoms with van der Waals surface area (Å²) in [6.45, 7) is 3.72. The van der Waals surface area contributed by atoms with Gasteiger partial charge in [-0.3, -0.25) is 9.78 Å². The second-order valence-corrected chi connectivity index (χ2v) is 8.23. The molecule has 0 aliphatic carbocycles. The van der Waals surface area contributed by atoms with E-state index in [-0.39, 0.29) is 5.56 Å². The van der Waals surface area contributed by atoms with Gasteiger partial charge in [-0.25, -0.2) is 9.97 Å². The SMILES string of the molecule is Cn1cnc(N2CC3CN(c4cnc(-c5ccc(Cl)cc5)cn4)CC3C2)cc1=O. The molecular weight excluding hydrogens is 388 g/mol. The highest BCUT2D eigenvalue weighted by Gasteiger charge is 2.41. The number of benzene rings is 1. The molecule has 2 aromatic heterocycles. The smallest absolute Gasteiger partial charge is 0.255 e. The van der Waals surface area contributed by atoms with Crippen LogP contribution in [0, 0.1) is 11.8 Å². The first-order valence-corrected chi connectivity index (χ1v) is 10.1. The van der Waals surface area contributed by atoms with Gasteiger partial charge in [0.1, 0.15) is 11.6 Å². The summed E-state index contributed by atoms with van der Waals surface area (Å²) in [7, 11) is 1.72. The van der Waals surface area contributed by atoms with Gasteiger partial charge in [-0.1, -0.05) is 23.7 Å². The lowest BCUT2D eigenvalue weighted by atomic mass is 10.0. The Kier molecular flexibility index (Phi) is 4.47. The average Bonchev–Trinajstić information content (AvgIpc) is 3.30. The van der Waals surface area contributed by atoms with Gasteiger partial charge in [0, 0.05) is 61.7 Å². The summed E-state index contributed by atoms with van der Waals surface area (Å²) in [5, 5.41) is 0.710. The summed E-state index contributed by atoms with van der Waals surface area (Å²) in [5.74, 6) is 2.77. The molecule has 2 saturated heterocycles. The first-order valence-electron chi connectivity index (χ1n) is 9.67. The lowest BCUT2D eigenvalue weighted by Gasteiger charge is -2.23. The number of hydrogen-bond acceptors (Lipinski definition) is 6. The van der Waals surface area contributed by atoms with Gasteiger partial charge in [0.05, 0.1) is 24.4 Å². The van der Waals surface area contributed by atoms with E-state index in [9.17, 15) is 4.79 Å². The van der Waals surface area contributed by atoms with Crippen molar-refractivity contribution in [1.82, 2.24) is 19.5 Å². The van der Waals surface area contributed by atoms with Gasteiger partial charge in [0.2, 0.25) is 0 Å². The van der Waals surface area contributed by atoms with Crippen LogP contribution in [0.2, 0.25) is 5.02 Å². The summed E-state index contributed by atoms with van der Waals surface area (Å²) in [4.78, 5) is 30.1. The van der Waals surface area contributed by atoms with E-state index >= 15 is 0 Å². The average molecular weight is 409 g/mol. The zero-order valence-corrected chi connectivity index (χ0v) is 16.8. The normalized spacial score (nSPS) is 20.9. The molecule has 2 atom stereocenters. The van der Waals surface area contributed by atoms with E-state index in [1.807, 2.05) is 36.7 Å². The summed E-state index contributed by atoms with van der Waals surface area (Å²) in [5.41, 5.74) is 1.82. The molecule has 148 valence electrons. The van der Waals surface area contributed by atoms with Gasteiger partial charge in [-0.2, -0.15) is 0 Å². The number of aromatic nitrogens is 4. The second kappa shape index (κ2) is 7.15. The second-order valence-electron chi connectivity index (χ2n) is 7.79. The van der Waals surface area contributed by atoms with Crippen LogP contribution >= 0.6 is 11.6 Å². The van der Waals surface area contributed by atoms with Crippen LogP contribution in [0.5, 0.6) is 0 Å². The maximum atomic E-state index is 11.9. The largest absolute Gasteiger partial charge is 0.356 e. The van der Waals surface area contributed by atoms with Gasteiger partial charge in [-0.15, -0.1) is 0 Å². The molecule has 0 bridgehead atoms. The fourth-order valence-corrected chi connectivity index (χ4v) is 4.37. The van der Waals surface area contributed by atoms with Crippen LogP contribution in [0.25, 0.3) is 11.3 Å². The lowest BCUT2D eigenvalue weighted by Crippen LogP contribution is -2.30. The molecule has 7 nitrogen and oxygen atoms in total. The number of aryl methyl sites for hydroxylation is 1. The molecule has 3 aromatic rings. The van der Waals surface area contributed by atoms with Crippen LogP contribution in [0.3, 0.4) is 0 Å². The van der Waals surface area contributed by atoms with E-state index in [0.29, 0.717) is 16.9 Å². The lowest BCUT2D eigenvalue weighted by molar-refractivity contribution is 0.533. The molecule has 0 spiro atoms. The summed E-state index contributed by atoms with van der Waals surface area (Å²) in [6.07, 6.45) is 5.27. The third-order valence-corrected chi connectivity index (χ3v) is 6.13. The maximum Gasteiger partial charge on any atom is 0.255 e. The van der Waals surface area contributed by atoms with Crippen LogP contribution in [0.1, 0.15) is 0 Å². The predicted molar refractivity (Wildman–Crippen MR) is 113 cm³/mol. The number of hydrogen-bond donors (Lipinski definition) is 0. The van der Waals surface area contributed by atoms with Crippen molar-refractivity contribution in [2.45, 2.75) is 0 Å². The number of fused-ring (bicyclic) bond motifs is 1. The Hall–Kier alpha value is -2.93. The van der Waals surface area contributed by atoms with E-state index in [2.05, 4.69) is 24.8 Å². The standard InChI is InChI=1S/C21H21ClN6O/c1-26-13-25-19(6-21(26)29)27-9-15-11-28(12-16(15)10-27)20-8-23-18(7-24-20)14-2-4-17(22)5-3-14/h2-8,13,15-16H,9-12H2,1H3. The Morgan fingerprint density at radius 3 is 2.14 bits per heavy atom. The molecule has 0 amide bonds. The fraction of sp³-hybridized carbons (Fsp3) is 0.333. The third kappa shape index (κ3) is 3.46. The van der Waals surface area contributed by atoms with Crippen molar-refractivity contribution >= 4 is 23.2 Å². The summed E-state index contributed by atoms with van der Waals surface area (Å²) in [6, 6.07) is 9.24. The van der Waals surface area contributed by atoms with E-state index in [1.54, 1.807) is 19.4 Å². The predicted octanol–water partition coefficient (Wildman–Crippen LogP) is 2.46. The highest BCUT2D eigenvalue weighted by atomic mass is 35.5. The van der Waals surface area contributed by atoms with Crippen molar-refractivity contribution in [3.63, 3.8) is 0 Å². The fourth-order valence-electron chi connectivity index (χ4n) is 4.25. The molecule has 2 fully saturated rings. The number of nitrogens with zero attached hydrogens (tertiary/aromatic N) is 6. The minimum atomic E-state index is -0.0234. The molecule has 4 heterocycles. The Bertz CT molecular complexity index is 1070. The van der Waals surface area contributed by atoms with Crippen LogP contribution in [0.15, 0.2) is 53.8 Å². The Labute approximate surface area is 173 Å². The van der Waals surface area contributed by atoms with Crippen molar-refractivity contribution in [2.24, 2.45) is 18.9 Å². The Morgan fingerprint density at radius 2 is 1.55 bits per heavy atom. The maximum absolute atomic E-state index is 11.9. The first-order chi connectivity index (χ1) is 14.1. The molecule has 2 unspecified atom stereocenters. The van der Waals surface area contributed by atoms with E-state index < -0.39 is 0 Å². The van der Waals surface area contributed by atoms with Crippen LogP contribution in [0.4, 0.5) is 11.6 Å². The van der Waals surface area contributed by atoms with Gasteiger partial charge in [0.25, 0.3) is 5.56 Å². The molecule has 0 saturated carbocycles. The van der Waals surface area contributed by atoms with E-state index in [1.165, 1.54) is 4.57 Å². The third-order valence-electron chi connectivity index (χ3n) is 5.88. The highest BCUT2D eigenvalue weighted by Crippen LogP contribution is 2.34. The van der Waals surface area contributed by atoms with Crippen molar-refractivity contribution in [2.75, 3.05) is 36.0 Å². The molecule has 2 aliphatic heterocycles. The Morgan fingerprint density at radius 1 is 0.897 bits per heavy atom. The van der Waals surface area contributed by atoms with Gasteiger partial charge >= 0.3 is 0 Å². The van der Waals surface area contributed by atoms with Gasteiger partial charge in [0.15, 0.2) is 0 Å². The number of halogens is 1. The molecule has 5 rings (SSSR count). The number of anilines is 2. The van der Waals surface area contributed by atoms with Crippen LogP contribution in [-0.4, -0.2) is 45.7 Å². The molecule has 0 N–H and O–H groups in total. The number of rotatable bonds is 3. The molecule has 8 heteroatoms. The van der Waals surface area contributed by atoms with Gasteiger partial charge < -0.3 is 14.4 Å². The van der Waals surface area contributed by atoms with Gasteiger partial charge in [-0.05, 0) is 12.1 Å². The molecule has 29 heavy (non-hydrogen) atoms. The highest BCUT2D eigenvalue weighted by molar-refractivity contribution is 6.30. The minimum Gasteiger partial charge on any atom is -0.356 e. The van der Waals surface area contributed by atoms with Crippen molar-refractivity contribution in [3.05, 3.63) is 64.4 Å². The van der Waals surface area contributed by atoms with E-state index in [0.717, 1.165) is 49.1 Å². The molecular formula is C21H21ClN6O. The Balaban J connectivity index is 1.26. The van der Waals surface area contributed by atoms with Crippen LogP contribution < -0.4 is 15.4 Å². The topological polar surface area (TPSA) is 67.2 Å². The summed E-state index contributed by atoms with van der Waals surface area (Å²) >= 11 is 5.95. The van der Waals surface area contributed by atoms with Crippen molar-refractivity contribution in [3.8, 4) is 11.3 Å². The van der Waals surface area contributed by atoms with Crippen molar-refractivity contribution in [1.29, 1.82) is 0 Å². The van der Waals surface area contributed by atoms with Crippen LogP contribution in [-0.2, 0) is 7.05 Å². The summed E-state index contributed by atoms with van der Waals surface area (Å²) < 4.78 is 1.49. The quantitative estimate of drug-likeness (QED) is 0.663. The minimum absolute atomic E-state index is 0.0234.